The minimum absolute atomic E-state index is 0.0363. The van der Waals surface area contributed by atoms with E-state index >= 15 is 0 Å². The van der Waals surface area contributed by atoms with Gasteiger partial charge in [-0.1, -0.05) is 5.16 Å². The summed E-state index contributed by atoms with van der Waals surface area (Å²) in [6.07, 6.45) is 0. The van der Waals surface area contributed by atoms with E-state index in [0.717, 1.165) is 22.0 Å². The molecule has 0 aliphatic carbocycles. The molecule has 0 aliphatic rings. The molecule has 0 amide bonds. The van der Waals surface area contributed by atoms with Crippen molar-refractivity contribution in [3.05, 3.63) is 63.2 Å². The first kappa shape index (κ1) is 16.7. The van der Waals surface area contributed by atoms with Crippen LogP contribution in [0.25, 0.3) is 16.5 Å². The quantitative estimate of drug-likeness (QED) is 0.469. The molecular weight excluding hydrogens is 370 g/mol. The van der Waals surface area contributed by atoms with Gasteiger partial charge in [0, 0.05) is 16.8 Å². The van der Waals surface area contributed by atoms with E-state index in [4.69, 9.17) is 9.26 Å². The molecule has 8 heteroatoms. The second-order valence-corrected chi connectivity index (χ2v) is 7.37. The summed E-state index contributed by atoms with van der Waals surface area (Å²) in [7, 11) is 0. The standard InChI is InChI=1S/C18H15N3O3S2/c1-11-3-4-12(2)21(11)17-14(6-8-26-17)18(22)23-9-15-19-16(24-20-15)13-5-7-25-10-13/h3-8,10H,9H2,1-2H3. The molecule has 0 atom stereocenters. The Labute approximate surface area is 157 Å². The van der Waals surface area contributed by atoms with Gasteiger partial charge >= 0.3 is 5.97 Å². The molecular formula is C18H15N3O3S2. The fourth-order valence-electron chi connectivity index (χ4n) is 2.64. The zero-order chi connectivity index (χ0) is 18.1. The Morgan fingerprint density at radius 1 is 1.19 bits per heavy atom. The Kier molecular flexibility index (Phi) is 4.44. The first-order valence-corrected chi connectivity index (χ1v) is 9.71. The van der Waals surface area contributed by atoms with Gasteiger partial charge in [0.2, 0.25) is 5.82 Å². The summed E-state index contributed by atoms with van der Waals surface area (Å²) in [5, 5.41) is 10.4. The van der Waals surface area contributed by atoms with Crippen molar-refractivity contribution in [2.24, 2.45) is 0 Å². The molecule has 0 unspecified atom stereocenters. The van der Waals surface area contributed by atoms with Crippen molar-refractivity contribution < 1.29 is 14.1 Å². The van der Waals surface area contributed by atoms with E-state index in [1.807, 2.05) is 52.8 Å². The van der Waals surface area contributed by atoms with Gasteiger partial charge in [0.05, 0.1) is 11.1 Å². The second-order valence-electron chi connectivity index (χ2n) is 5.69. The van der Waals surface area contributed by atoms with Crippen LogP contribution in [-0.2, 0) is 11.3 Å². The SMILES string of the molecule is Cc1ccc(C)n1-c1sccc1C(=O)OCc1noc(-c2ccsc2)n1. The van der Waals surface area contributed by atoms with Crippen molar-refractivity contribution in [2.45, 2.75) is 20.5 Å². The molecule has 0 fully saturated rings. The maximum atomic E-state index is 12.5. The Balaban J connectivity index is 1.49. The van der Waals surface area contributed by atoms with Gasteiger partial charge in [0.25, 0.3) is 5.89 Å². The number of aryl methyl sites for hydroxylation is 2. The summed E-state index contributed by atoms with van der Waals surface area (Å²) >= 11 is 3.05. The highest BCUT2D eigenvalue weighted by atomic mass is 32.1. The fraction of sp³-hybridized carbons (Fsp3) is 0.167. The number of rotatable bonds is 5. The first-order chi connectivity index (χ1) is 12.6. The topological polar surface area (TPSA) is 70.2 Å². The van der Waals surface area contributed by atoms with Gasteiger partial charge in [-0.05, 0) is 48.9 Å². The van der Waals surface area contributed by atoms with Crippen LogP contribution in [0, 0.1) is 13.8 Å². The molecule has 4 aromatic heterocycles. The lowest BCUT2D eigenvalue weighted by atomic mass is 10.3. The Bertz CT molecular complexity index is 1020. The highest BCUT2D eigenvalue weighted by Gasteiger charge is 2.19. The van der Waals surface area contributed by atoms with E-state index in [1.165, 1.54) is 11.3 Å². The van der Waals surface area contributed by atoms with Crippen LogP contribution in [0.3, 0.4) is 0 Å². The zero-order valence-electron chi connectivity index (χ0n) is 14.1. The molecule has 0 aromatic carbocycles. The monoisotopic (exact) mass is 385 g/mol. The van der Waals surface area contributed by atoms with Crippen LogP contribution in [0.4, 0.5) is 0 Å². The first-order valence-electron chi connectivity index (χ1n) is 7.88. The summed E-state index contributed by atoms with van der Waals surface area (Å²) in [4.78, 5) is 16.8. The molecule has 0 saturated heterocycles. The molecule has 0 radical (unpaired) electrons. The van der Waals surface area contributed by atoms with Crippen molar-refractivity contribution in [3.63, 3.8) is 0 Å². The zero-order valence-corrected chi connectivity index (χ0v) is 15.8. The lowest BCUT2D eigenvalue weighted by Crippen LogP contribution is -2.09. The highest BCUT2D eigenvalue weighted by Crippen LogP contribution is 2.27. The van der Waals surface area contributed by atoms with Gasteiger partial charge < -0.3 is 13.8 Å². The third kappa shape index (κ3) is 3.09. The van der Waals surface area contributed by atoms with Crippen molar-refractivity contribution in [3.8, 4) is 16.5 Å². The van der Waals surface area contributed by atoms with E-state index in [1.54, 1.807) is 17.4 Å². The molecule has 4 aromatic rings. The third-order valence-electron chi connectivity index (χ3n) is 3.91. The van der Waals surface area contributed by atoms with Crippen molar-refractivity contribution in [2.75, 3.05) is 0 Å². The van der Waals surface area contributed by atoms with Gasteiger partial charge in [-0.15, -0.1) is 11.3 Å². The van der Waals surface area contributed by atoms with Crippen molar-refractivity contribution in [1.29, 1.82) is 0 Å². The van der Waals surface area contributed by atoms with Crippen LogP contribution >= 0.6 is 22.7 Å². The maximum Gasteiger partial charge on any atom is 0.341 e. The van der Waals surface area contributed by atoms with E-state index in [0.29, 0.717) is 17.3 Å². The van der Waals surface area contributed by atoms with Gasteiger partial charge in [-0.25, -0.2) is 4.79 Å². The smallest absolute Gasteiger partial charge is 0.341 e. The van der Waals surface area contributed by atoms with Crippen LogP contribution in [0.5, 0.6) is 0 Å². The van der Waals surface area contributed by atoms with Crippen molar-refractivity contribution >= 4 is 28.6 Å². The molecule has 132 valence electrons. The van der Waals surface area contributed by atoms with E-state index in [-0.39, 0.29) is 6.61 Å². The summed E-state index contributed by atoms with van der Waals surface area (Å²) in [6.45, 7) is 3.98. The molecule has 0 saturated carbocycles. The van der Waals surface area contributed by atoms with E-state index in [2.05, 4.69) is 10.1 Å². The molecule has 6 nitrogen and oxygen atoms in total. The van der Waals surface area contributed by atoms with Gasteiger partial charge in [0.15, 0.2) is 6.61 Å². The molecule has 0 aliphatic heterocycles. The Morgan fingerprint density at radius 2 is 2.00 bits per heavy atom. The number of esters is 1. The predicted molar refractivity (Wildman–Crippen MR) is 99.9 cm³/mol. The lowest BCUT2D eigenvalue weighted by Gasteiger charge is -2.09. The summed E-state index contributed by atoms with van der Waals surface area (Å²) in [5.41, 5.74) is 3.52. The van der Waals surface area contributed by atoms with Gasteiger partial charge in [-0.3, -0.25) is 0 Å². The van der Waals surface area contributed by atoms with Crippen molar-refractivity contribution in [1.82, 2.24) is 14.7 Å². The maximum absolute atomic E-state index is 12.5. The number of aromatic nitrogens is 3. The minimum Gasteiger partial charge on any atom is -0.454 e. The summed E-state index contributed by atoms with van der Waals surface area (Å²) in [5.74, 6) is 0.354. The fourth-order valence-corrected chi connectivity index (χ4v) is 4.28. The molecule has 26 heavy (non-hydrogen) atoms. The van der Waals surface area contributed by atoms with Crippen LogP contribution in [-0.4, -0.2) is 20.7 Å². The van der Waals surface area contributed by atoms with Crippen LogP contribution in [0.15, 0.2) is 44.9 Å². The average Bonchev–Trinajstić information content (AvgIpc) is 3.40. The Hall–Kier alpha value is -2.71. The minimum atomic E-state index is -0.407. The number of hydrogen-bond donors (Lipinski definition) is 0. The van der Waals surface area contributed by atoms with Crippen LogP contribution in [0.1, 0.15) is 27.6 Å². The lowest BCUT2D eigenvalue weighted by molar-refractivity contribution is 0.0460. The third-order valence-corrected chi connectivity index (χ3v) is 5.49. The second kappa shape index (κ2) is 6.89. The van der Waals surface area contributed by atoms with Crippen LogP contribution < -0.4 is 0 Å². The van der Waals surface area contributed by atoms with Gasteiger partial charge in [0.1, 0.15) is 5.00 Å². The highest BCUT2D eigenvalue weighted by molar-refractivity contribution is 7.13. The predicted octanol–water partition coefficient (Wildman–Crippen LogP) is 4.62. The number of carbonyl (C=O) groups excluding carboxylic acids is 1. The molecule has 0 bridgehead atoms. The number of nitrogens with zero attached hydrogens (tertiary/aromatic N) is 3. The number of thiophene rings is 2. The summed E-state index contributed by atoms with van der Waals surface area (Å²) in [6, 6.07) is 7.71. The molecule has 0 N–H and O–H groups in total. The van der Waals surface area contributed by atoms with Gasteiger partial charge in [-0.2, -0.15) is 16.3 Å². The largest absolute Gasteiger partial charge is 0.454 e. The Morgan fingerprint density at radius 3 is 2.73 bits per heavy atom. The average molecular weight is 385 g/mol. The van der Waals surface area contributed by atoms with E-state index < -0.39 is 5.97 Å². The molecule has 4 heterocycles. The number of carbonyl (C=O) groups is 1. The summed E-state index contributed by atoms with van der Waals surface area (Å²) < 4.78 is 12.6. The normalized spacial score (nSPS) is 11.0. The number of hydrogen-bond acceptors (Lipinski definition) is 7. The molecule has 4 rings (SSSR count). The molecule has 0 spiro atoms. The van der Waals surface area contributed by atoms with E-state index in [9.17, 15) is 4.79 Å². The van der Waals surface area contributed by atoms with Crippen LogP contribution in [0.2, 0.25) is 0 Å². The number of ether oxygens (including phenoxy) is 1.